The first-order valence-corrected chi connectivity index (χ1v) is 16.8. The Morgan fingerprint density at radius 2 is 1.29 bits per heavy atom. The largest absolute Gasteiger partial charge is 0.494 e. The maximum absolute atomic E-state index is 12.8. The van der Waals surface area contributed by atoms with Gasteiger partial charge in [0.15, 0.2) is 18.5 Å². The molecule has 2 fully saturated rings. The summed E-state index contributed by atoms with van der Waals surface area (Å²) in [4.78, 5) is 48.6. The zero-order valence-corrected chi connectivity index (χ0v) is 27.8. The van der Waals surface area contributed by atoms with Crippen LogP contribution in [-0.2, 0) is 42.8 Å². The third kappa shape index (κ3) is 10.6. The number of benzene rings is 2. The third-order valence-electron chi connectivity index (χ3n) is 8.29. The second kappa shape index (κ2) is 18.9. The highest BCUT2D eigenvalue weighted by Gasteiger charge is 2.47. The first-order chi connectivity index (χ1) is 23.3. The van der Waals surface area contributed by atoms with Crippen molar-refractivity contribution in [1.29, 1.82) is 0 Å². The minimum atomic E-state index is -1.20. The number of esters is 4. The third-order valence-corrected chi connectivity index (χ3v) is 8.29. The van der Waals surface area contributed by atoms with E-state index in [1.54, 1.807) is 38.1 Å². The number of hydrogen-bond acceptors (Lipinski definition) is 11. The van der Waals surface area contributed by atoms with Crippen molar-refractivity contribution < 1.29 is 52.3 Å². The molecular weight excluding hydrogens is 620 g/mol. The Hall–Kier alpha value is -4.22. The Labute approximate surface area is 281 Å². The number of rotatable bonds is 17. The van der Waals surface area contributed by atoms with Crippen LogP contribution in [0.3, 0.4) is 0 Å². The summed E-state index contributed by atoms with van der Waals surface area (Å²) in [7, 11) is 0. The van der Waals surface area contributed by atoms with Gasteiger partial charge in [-0.2, -0.15) is 0 Å². The van der Waals surface area contributed by atoms with E-state index in [0.717, 1.165) is 63.0 Å². The van der Waals surface area contributed by atoms with E-state index in [9.17, 15) is 19.2 Å². The van der Waals surface area contributed by atoms with Gasteiger partial charge in [0.05, 0.1) is 32.0 Å². The minimum Gasteiger partial charge on any atom is -0.494 e. The Bertz CT molecular complexity index is 1320. The fourth-order valence-electron chi connectivity index (χ4n) is 5.73. The predicted octanol–water partition coefficient (Wildman–Crippen LogP) is 6.15. The fourth-order valence-corrected chi connectivity index (χ4v) is 5.73. The summed E-state index contributed by atoms with van der Waals surface area (Å²) < 4.78 is 38.3. The zero-order valence-electron chi connectivity index (χ0n) is 27.8. The fraction of sp³-hybridized carbons (Fsp3) is 0.514. The first kappa shape index (κ1) is 36.6. The van der Waals surface area contributed by atoms with Crippen molar-refractivity contribution in [3.05, 3.63) is 77.9 Å². The van der Waals surface area contributed by atoms with Crippen LogP contribution in [0, 0.1) is 0 Å². The van der Waals surface area contributed by atoms with Crippen molar-refractivity contribution in [3.8, 4) is 5.75 Å². The second-order valence-electron chi connectivity index (χ2n) is 11.7. The average molecular weight is 667 g/mol. The van der Waals surface area contributed by atoms with Gasteiger partial charge in [0, 0.05) is 11.6 Å². The second-order valence-corrected chi connectivity index (χ2v) is 11.7. The smallest absolute Gasteiger partial charge is 0.338 e. The molecule has 0 bridgehead atoms. The van der Waals surface area contributed by atoms with E-state index in [1.807, 2.05) is 24.3 Å². The molecule has 2 aromatic rings. The summed E-state index contributed by atoms with van der Waals surface area (Å²) in [6.07, 6.45) is 4.55. The molecule has 0 radical (unpaired) electrons. The highest BCUT2D eigenvalue weighted by molar-refractivity contribution is 5.89. The van der Waals surface area contributed by atoms with E-state index < -0.39 is 36.4 Å². The van der Waals surface area contributed by atoms with Gasteiger partial charge in [0.1, 0.15) is 11.9 Å². The lowest BCUT2D eigenvalue weighted by Gasteiger charge is -2.28. The molecule has 48 heavy (non-hydrogen) atoms. The summed E-state index contributed by atoms with van der Waals surface area (Å²) in [6.45, 7) is 8.00. The number of hydrogen-bond donors (Lipinski definition) is 0. The van der Waals surface area contributed by atoms with Gasteiger partial charge in [-0.25, -0.2) is 19.2 Å². The van der Waals surface area contributed by atoms with Crippen molar-refractivity contribution in [1.82, 2.24) is 0 Å². The van der Waals surface area contributed by atoms with Crippen LogP contribution < -0.4 is 4.74 Å². The van der Waals surface area contributed by atoms with Crippen LogP contribution in [0.5, 0.6) is 5.75 Å². The molecule has 1 heterocycles. The summed E-state index contributed by atoms with van der Waals surface area (Å²) in [5.74, 6) is -1.07. The van der Waals surface area contributed by atoms with Crippen LogP contribution in [0.4, 0.5) is 0 Å². The van der Waals surface area contributed by atoms with Crippen LogP contribution in [0.2, 0.25) is 0 Å². The summed E-state index contributed by atoms with van der Waals surface area (Å²) >= 11 is 0. The van der Waals surface area contributed by atoms with Gasteiger partial charge < -0.3 is 33.2 Å². The molecule has 2 aliphatic rings. The van der Waals surface area contributed by atoms with Gasteiger partial charge in [-0.05, 0) is 101 Å². The van der Waals surface area contributed by atoms with E-state index in [0.29, 0.717) is 36.0 Å². The average Bonchev–Trinajstić information content (AvgIpc) is 3.56. The summed E-state index contributed by atoms with van der Waals surface area (Å²) in [5, 5.41) is 0. The van der Waals surface area contributed by atoms with Gasteiger partial charge in [-0.15, -0.1) is 0 Å². The molecule has 0 amide bonds. The van der Waals surface area contributed by atoms with E-state index in [-0.39, 0.29) is 25.3 Å². The normalized spacial score (nSPS) is 20.8. The summed E-state index contributed by atoms with van der Waals surface area (Å²) in [6, 6.07) is 14.8. The first-order valence-electron chi connectivity index (χ1n) is 16.8. The Morgan fingerprint density at radius 1 is 0.729 bits per heavy atom. The molecule has 4 rings (SSSR count). The molecule has 2 aromatic carbocycles. The molecule has 1 aliphatic carbocycles. The van der Waals surface area contributed by atoms with Gasteiger partial charge in [0.25, 0.3) is 0 Å². The quantitative estimate of drug-likeness (QED) is 0.0834. The molecule has 11 nitrogen and oxygen atoms in total. The van der Waals surface area contributed by atoms with Crippen molar-refractivity contribution in [2.75, 3.05) is 26.4 Å². The van der Waals surface area contributed by atoms with Crippen LogP contribution in [-0.4, -0.2) is 68.6 Å². The van der Waals surface area contributed by atoms with Crippen molar-refractivity contribution in [3.63, 3.8) is 0 Å². The van der Waals surface area contributed by atoms with Gasteiger partial charge in [-0.3, -0.25) is 0 Å². The lowest BCUT2D eigenvalue weighted by Crippen LogP contribution is -2.39. The van der Waals surface area contributed by atoms with Crippen molar-refractivity contribution >= 4 is 23.9 Å². The highest BCUT2D eigenvalue weighted by atomic mass is 16.8. The molecule has 2 atom stereocenters. The van der Waals surface area contributed by atoms with E-state index in [2.05, 4.69) is 6.58 Å². The van der Waals surface area contributed by atoms with E-state index >= 15 is 0 Å². The lowest BCUT2D eigenvalue weighted by molar-refractivity contribution is -0.163. The standard InChI is InChI=1S/C37H46O11/c1-4-31(38)45-24-10-8-7-9-23-44-29-19-17-27(18-20-29)34(39)46-30-21-15-26(16-22-30)25-11-13-28(14-12-25)37-47-32(35(40)42-5-2)33(48-37)36(41)43-6-3/h4,11-14,17-20,26,30,32-33,37H,1,5-10,15-16,21-24H2,2-3H3/t26-,30-,32-,33-/m1/s1. The maximum Gasteiger partial charge on any atom is 0.338 e. The number of carbonyl (C=O) groups is 4. The van der Waals surface area contributed by atoms with Crippen LogP contribution in [0.25, 0.3) is 0 Å². The Kier molecular flexibility index (Phi) is 14.5. The van der Waals surface area contributed by atoms with Gasteiger partial charge in [-0.1, -0.05) is 30.8 Å². The predicted molar refractivity (Wildman–Crippen MR) is 174 cm³/mol. The zero-order chi connectivity index (χ0) is 34.3. The molecule has 1 saturated heterocycles. The lowest BCUT2D eigenvalue weighted by atomic mass is 9.82. The molecule has 11 heteroatoms. The Balaban J connectivity index is 1.17. The minimum absolute atomic E-state index is 0.149. The molecule has 0 N–H and O–H groups in total. The molecule has 1 saturated carbocycles. The molecule has 0 spiro atoms. The van der Waals surface area contributed by atoms with Crippen LogP contribution >= 0.6 is 0 Å². The molecule has 1 aliphatic heterocycles. The van der Waals surface area contributed by atoms with Crippen LogP contribution in [0.15, 0.2) is 61.2 Å². The van der Waals surface area contributed by atoms with Crippen molar-refractivity contribution in [2.24, 2.45) is 0 Å². The van der Waals surface area contributed by atoms with E-state index in [1.165, 1.54) is 0 Å². The monoisotopic (exact) mass is 666 g/mol. The van der Waals surface area contributed by atoms with Crippen molar-refractivity contribution in [2.45, 2.75) is 95.7 Å². The maximum atomic E-state index is 12.8. The number of ether oxygens (including phenoxy) is 7. The SMILES string of the molecule is C=CC(=O)OCCCCCCOc1ccc(C(=O)O[C@H]2CC[C@H](c3ccc(C4O[C@@H](C(=O)OCC)[C@H](C(=O)OCC)O4)cc3)CC2)cc1. The molecular formula is C37H46O11. The van der Waals surface area contributed by atoms with Gasteiger partial charge >= 0.3 is 23.9 Å². The summed E-state index contributed by atoms with van der Waals surface area (Å²) in [5.41, 5.74) is 2.32. The highest BCUT2D eigenvalue weighted by Crippen LogP contribution is 2.37. The molecule has 0 aromatic heterocycles. The van der Waals surface area contributed by atoms with Gasteiger partial charge in [0.2, 0.25) is 0 Å². The molecule has 260 valence electrons. The number of unbranched alkanes of at least 4 members (excludes halogenated alkanes) is 3. The van der Waals surface area contributed by atoms with Crippen LogP contribution in [0.1, 0.15) is 98.9 Å². The molecule has 0 unspecified atom stereocenters. The van der Waals surface area contributed by atoms with E-state index in [4.69, 9.17) is 33.2 Å². The number of carbonyl (C=O) groups excluding carboxylic acids is 4. The Morgan fingerprint density at radius 3 is 1.85 bits per heavy atom. The topological polar surface area (TPSA) is 133 Å².